The number of nitrogens with zero attached hydrogens (tertiary/aromatic N) is 2. The molecule has 2 aromatic carbocycles. The van der Waals surface area contributed by atoms with Gasteiger partial charge in [-0.15, -0.1) is 0 Å². The minimum absolute atomic E-state index is 0.0236. The van der Waals surface area contributed by atoms with Gasteiger partial charge in [-0.05, 0) is 42.2 Å². The molecule has 3 rings (SSSR count). The Morgan fingerprint density at radius 3 is 2.59 bits per heavy atom. The summed E-state index contributed by atoms with van der Waals surface area (Å²) in [5.74, 6) is 0.0928. The third kappa shape index (κ3) is 6.81. The molecule has 2 amide bonds. The number of methoxy groups -OCH3 is 1. The summed E-state index contributed by atoms with van der Waals surface area (Å²) in [5, 5.41) is 11.0. The highest BCUT2D eigenvalue weighted by atomic mass is 16.6. The molecular formula is C25H29N3O6. The van der Waals surface area contributed by atoms with E-state index < -0.39 is 10.8 Å². The molecule has 0 saturated heterocycles. The minimum atomic E-state index is -0.587. The van der Waals surface area contributed by atoms with Gasteiger partial charge < -0.3 is 20.1 Å². The predicted molar refractivity (Wildman–Crippen MR) is 127 cm³/mol. The smallest absolute Gasteiger partial charge is 0.270 e. The molecule has 0 atom stereocenters. The lowest BCUT2D eigenvalue weighted by atomic mass is 9.93. The largest absolute Gasteiger partial charge is 0.493 e. The normalized spacial score (nSPS) is 14.0. The van der Waals surface area contributed by atoms with Crippen LogP contribution in [0.25, 0.3) is 6.08 Å². The van der Waals surface area contributed by atoms with Crippen molar-refractivity contribution in [2.24, 2.45) is 5.73 Å². The Hall–Kier alpha value is -3.88. The molecule has 0 unspecified atom stereocenters. The number of non-ortho nitro benzene ring substituents is 1. The summed E-state index contributed by atoms with van der Waals surface area (Å²) < 4.78 is 10.8. The van der Waals surface area contributed by atoms with Crippen molar-refractivity contribution in [3.05, 3.63) is 69.8 Å². The molecule has 0 aliphatic heterocycles. The number of hydrogen-bond acceptors (Lipinski definition) is 6. The lowest BCUT2D eigenvalue weighted by molar-refractivity contribution is -0.384. The van der Waals surface area contributed by atoms with Crippen molar-refractivity contribution in [1.29, 1.82) is 0 Å². The van der Waals surface area contributed by atoms with Crippen molar-refractivity contribution in [3.8, 4) is 11.5 Å². The zero-order valence-corrected chi connectivity index (χ0v) is 19.1. The molecule has 0 heterocycles. The third-order valence-electron chi connectivity index (χ3n) is 5.75. The molecule has 1 saturated carbocycles. The maximum absolute atomic E-state index is 13.2. The summed E-state index contributed by atoms with van der Waals surface area (Å²) in [4.78, 5) is 36.7. The van der Waals surface area contributed by atoms with E-state index in [9.17, 15) is 19.7 Å². The van der Waals surface area contributed by atoms with Crippen LogP contribution in [0.3, 0.4) is 0 Å². The van der Waals surface area contributed by atoms with Gasteiger partial charge in [-0.2, -0.15) is 0 Å². The molecule has 1 aliphatic carbocycles. The van der Waals surface area contributed by atoms with Gasteiger partial charge in [0, 0.05) is 30.8 Å². The molecule has 180 valence electrons. The van der Waals surface area contributed by atoms with Gasteiger partial charge in [0.1, 0.15) is 0 Å². The Morgan fingerprint density at radius 2 is 1.91 bits per heavy atom. The van der Waals surface area contributed by atoms with Gasteiger partial charge in [-0.3, -0.25) is 19.7 Å². The molecule has 0 bridgehead atoms. The van der Waals surface area contributed by atoms with E-state index in [1.165, 1.54) is 25.3 Å². The van der Waals surface area contributed by atoms with Crippen LogP contribution in [-0.4, -0.2) is 41.4 Å². The Bertz CT molecular complexity index is 1060. The first kappa shape index (κ1) is 24.8. The van der Waals surface area contributed by atoms with Crippen LogP contribution in [-0.2, 0) is 16.1 Å². The van der Waals surface area contributed by atoms with Crippen molar-refractivity contribution in [1.82, 2.24) is 4.90 Å². The van der Waals surface area contributed by atoms with E-state index in [1.807, 2.05) is 11.0 Å². The maximum Gasteiger partial charge on any atom is 0.270 e. The van der Waals surface area contributed by atoms with Crippen LogP contribution < -0.4 is 15.2 Å². The lowest BCUT2D eigenvalue weighted by Gasteiger charge is -2.34. The van der Waals surface area contributed by atoms with Crippen molar-refractivity contribution in [2.45, 2.75) is 44.7 Å². The van der Waals surface area contributed by atoms with E-state index in [2.05, 4.69) is 0 Å². The van der Waals surface area contributed by atoms with E-state index in [0.29, 0.717) is 23.6 Å². The Kier molecular flexibility index (Phi) is 8.61. The van der Waals surface area contributed by atoms with Gasteiger partial charge in [-0.25, -0.2) is 0 Å². The van der Waals surface area contributed by atoms with Gasteiger partial charge in [0.25, 0.3) is 11.6 Å². The molecule has 0 aromatic heterocycles. The minimum Gasteiger partial charge on any atom is -0.493 e. The van der Waals surface area contributed by atoms with Crippen LogP contribution in [0.2, 0.25) is 0 Å². The lowest BCUT2D eigenvalue weighted by Crippen LogP contribution is -2.40. The van der Waals surface area contributed by atoms with Crippen molar-refractivity contribution >= 4 is 23.6 Å². The zero-order chi connectivity index (χ0) is 24.5. The van der Waals surface area contributed by atoms with Gasteiger partial charge in [0.15, 0.2) is 18.1 Å². The number of rotatable bonds is 10. The summed E-state index contributed by atoms with van der Waals surface area (Å²) in [6.45, 7) is 0.111. The van der Waals surface area contributed by atoms with Crippen molar-refractivity contribution < 1.29 is 24.0 Å². The van der Waals surface area contributed by atoms with E-state index in [4.69, 9.17) is 15.2 Å². The average molecular weight is 468 g/mol. The number of nitro benzene ring substituents is 1. The van der Waals surface area contributed by atoms with Crippen molar-refractivity contribution in [2.75, 3.05) is 13.7 Å². The van der Waals surface area contributed by atoms with Gasteiger partial charge in [0.05, 0.1) is 12.0 Å². The number of amides is 2. The molecule has 2 N–H and O–H groups in total. The summed E-state index contributed by atoms with van der Waals surface area (Å²) in [6.07, 6.45) is 8.20. The van der Waals surface area contributed by atoms with Crippen LogP contribution in [0.15, 0.2) is 48.5 Å². The molecule has 0 radical (unpaired) electrons. The molecule has 0 spiro atoms. The number of hydrogen-bond donors (Lipinski definition) is 1. The highest BCUT2D eigenvalue weighted by Crippen LogP contribution is 2.30. The Morgan fingerprint density at radius 1 is 1.15 bits per heavy atom. The highest BCUT2D eigenvalue weighted by molar-refractivity contribution is 5.92. The van der Waals surface area contributed by atoms with Crippen LogP contribution in [0, 0.1) is 10.1 Å². The zero-order valence-electron chi connectivity index (χ0n) is 19.1. The molecule has 34 heavy (non-hydrogen) atoms. The van der Waals surface area contributed by atoms with Crippen LogP contribution in [0.4, 0.5) is 5.69 Å². The van der Waals surface area contributed by atoms with E-state index in [1.54, 1.807) is 30.3 Å². The number of carbonyl (C=O) groups is 2. The second-order valence-corrected chi connectivity index (χ2v) is 8.18. The fourth-order valence-electron chi connectivity index (χ4n) is 4.06. The van der Waals surface area contributed by atoms with Crippen LogP contribution in [0.5, 0.6) is 11.5 Å². The third-order valence-corrected chi connectivity index (χ3v) is 5.75. The molecular weight excluding hydrogens is 438 g/mol. The molecule has 9 heteroatoms. The number of benzene rings is 2. The standard InChI is InChI=1S/C25H29N3O6/c1-33-23-15-19(10-12-22(23)34-17-24(26)29)16-27(20-7-3-2-4-8-20)25(30)13-11-18-6-5-9-21(14-18)28(31)32/h5-6,9-15,20H,2-4,7-8,16-17H2,1H3,(H2,26,29)/b13-11+. The molecule has 9 nitrogen and oxygen atoms in total. The quantitative estimate of drug-likeness (QED) is 0.321. The Labute approximate surface area is 198 Å². The number of nitro groups is 1. The average Bonchev–Trinajstić information content (AvgIpc) is 2.85. The maximum atomic E-state index is 13.2. The first-order valence-electron chi connectivity index (χ1n) is 11.2. The fourth-order valence-corrected chi connectivity index (χ4v) is 4.06. The number of ether oxygens (including phenoxy) is 2. The van der Waals surface area contributed by atoms with Gasteiger partial charge in [0.2, 0.25) is 5.91 Å². The second-order valence-electron chi connectivity index (χ2n) is 8.18. The van der Waals surface area contributed by atoms with E-state index in [0.717, 1.165) is 37.7 Å². The molecule has 1 fully saturated rings. The topological polar surface area (TPSA) is 125 Å². The predicted octanol–water partition coefficient (Wildman–Crippen LogP) is 3.84. The van der Waals surface area contributed by atoms with E-state index >= 15 is 0 Å². The number of carbonyl (C=O) groups excluding carboxylic acids is 2. The first-order chi connectivity index (χ1) is 16.4. The van der Waals surface area contributed by atoms with E-state index in [-0.39, 0.29) is 24.2 Å². The second kappa shape index (κ2) is 11.8. The molecule has 1 aliphatic rings. The Balaban J connectivity index is 1.80. The summed E-state index contributed by atoms with van der Waals surface area (Å²) >= 11 is 0. The number of nitrogens with two attached hydrogens (primary N) is 1. The highest BCUT2D eigenvalue weighted by Gasteiger charge is 2.25. The first-order valence-corrected chi connectivity index (χ1v) is 11.2. The van der Waals surface area contributed by atoms with Gasteiger partial charge in [-0.1, -0.05) is 37.5 Å². The van der Waals surface area contributed by atoms with Gasteiger partial charge >= 0.3 is 0 Å². The van der Waals surface area contributed by atoms with Crippen LogP contribution in [0.1, 0.15) is 43.2 Å². The molecule has 2 aromatic rings. The number of primary amides is 1. The van der Waals surface area contributed by atoms with Crippen LogP contribution >= 0.6 is 0 Å². The fraction of sp³-hybridized carbons (Fsp3) is 0.360. The summed E-state index contributed by atoms with van der Waals surface area (Å²) in [6, 6.07) is 11.6. The summed E-state index contributed by atoms with van der Waals surface area (Å²) in [5.41, 5.74) is 6.56. The monoisotopic (exact) mass is 467 g/mol. The SMILES string of the molecule is COc1cc(CN(C(=O)/C=C/c2cccc([N+](=O)[O-])c2)C2CCCCC2)ccc1OCC(N)=O. The summed E-state index contributed by atoms with van der Waals surface area (Å²) in [7, 11) is 1.50. The van der Waals surface area contributed by atoms with Crippen molar-refractivity contribution in [3.63, 3.8) is 0 Å².